The van der Waals surface area contributed by atoms with Gasteiger partial charge in [0.15, 0.2) is 6.10 Å². The molecule has 0 radical (unpaired) electrons. The van der Waals surface area contributed by atoms with E-state index >= 15 is 0 Å². The number of carbonyl (C=O) groups is 2. The summed E-state index contributed by atoms with van der Waals surface area (Å²) in [7, 11) is 0. The summed E-state index contributed by atoms with van der Waals surface area (Å²) in [5.41, 5.74) is 2.26. The van der Waals surface area contributed by atoms with E-state index in [-0.39, 0.29) is 5.91 Å². The van der Waals surface area contributed by atoms with Crippen molar-refractivity contribution in [1.29, 1.82) is 0 Å². The molecule has 1 heterocycles. The van der Waals surface area contributed by atoms with Gasteiger partial charge in [0.25, 0.3) is 5.91 Å². The van der Waals surface area contributed by atoms with Crippen molar-refractivity contribution in [3.8, 4) is 0 Å². The molecule has 22 heavy (non-hydrogen) atoms. The van der Waals surface area contributed by atoms with Crippen LogP contribution in [0.5, 0.6) is 0 Å². The van der Waals surface area contributed by atoms with Crippen LogP contribution in [0.4, 0.5) is 0 Å². The largest absolute Gasteiger partial charge is 0.448 e. The predicted molar refractivity (Wildman–Crippen MR) is 82.6 cm³/mol. The van der Waals surface area contributed by atoms with Crippen molar-refractivity contribution in [1.82, 2.24) is 5.32 Å². The highest BCUT2D eigenvalue weighted by Crippen LogP contribution is 2.20. The number of halogens is 1. The van der Waals surface area contributed by atoms with Gasteiger partial charge in [0.1, 0.15) is 0 Å². The van der Waals surface area contributed by atoms with Crippen molar-refractivity contribution in [2.24, 2.45) is 0 Å². The number of rotatable bonds is 3. The molecule has 0 spiro atoms. The fourth-order valence-electron chi connectivity index (χ4n) is 2.43. The van der Waals surface area contributed by atoms with Crippen LogP contribution >= 0.6 is 11.6 Å². The molecule has 2 aromatic carbocycles. The third-order valence-corrected chi connectivity index (χ3v) is 3.78. The smallest absolute Gasteiger partial charge is 0.339 e. The van der Waals surface area contributed by atoms with Gasteiger partial charge in [-0.2, -0.15) is 0 Å². The lowest BCUT2D eigenvalue weighted by atomic mass is 9.98. The van der Waals surface area contributed by atoms with Crippen LogP contribution in [0.15, 0.2) is 48.5 Å². The summed E-state index contributed by atoms with van der Waals surface area (Å²) in [6.45, 7) is 0.342. The predicted octanol–water partition coefficient (Wildman–Crippen LogP) is 2.74. The van der Waals surface area contributed by atoms with Gasteiger partial charge in [-0.25, -0.2) is 4.79 Å². The van der Waals surface area contributed by atoms with Crippen molar-refractivity contribution < 1.29 is 14.3 Å². The molecule has 1 aliphatic heterocycles. The normalized spacial score (nSPS) is 16.6. The fraction of sp³-hybridized carbons (Fsp3) is 0.176. The maximum Gasteiger partial charge on any atom is 0.339 e. The van der Waals surface area contributed by atoms with E-state index in [0.29, 0.717) is 23.6 Å². The quantitative estimate of drug-likeness (QED) is 0.886. The molecule has 4 nitrogen and oxygen atoms in total. The second kappa shape index (κ2) is 6.20. The van der Waals surface area contributed by atoms with E-state index in [2.05, 4.69) is 5.32 Å². The minimum Gasteiger partial charge on any atom is -0.448 e. The Kier molecular flexibility index (Phi) is 4.11. The second-order valence-electron chi connectivity index (χ2n) is 5.10. The van der Waals surface area contributed by atoms with Gasteiger partial charge in [0.05, 0.1) is 5.56 Å². The Morgan fingerprint density at radius 3 is 2.86 bits per heavy atom. The SMILES string of the molecule is O=C1OC(C(=O)NCc2cccc(Cl)c2)Cc2ccccc21. The number of amides is 1. The van der Waals surface area contributed by atoms with Crippen LogP contribution in [0.2, 0.25) is 5.02 Å². The molecule has 0 saturated carbocycles. The fourth-order valence-corrected chi connectivity index (χ4v) is 2.64. The molecule has 112 valence electrons. The molecule has 1 amide bonds. The third-order valence-electron chi connectivity index (χ3n) is 3.54. The first kappa shape index (κ1) is 14.6. The summed E-state index contributed by atoms with van der Waals surface area (Å²) >= 11 is 5.90. The highest BCUT2D eigenvalue weighted by atomic mass is 35.5. The van der Waals surface area contributed by atoms with Gasteiger partial charge in [-0.1, -0.05) is 41.9 Å². The van der Waals surface area contributed by atoms with Crippen molar-refractivity contribution in [2.75, 3.05) is 0 Å². The van der Waals surface area contributed by atoms with Crippen molar-refractivity contribution >= 4 is 23.5 Å². The molecule has 1 unspecified atom stereocenters. The number of cyclic esters (lactones) is 1. The summed E-state index contributed by atoms with van der Waals surface area (Å²) in [5, 5.41) is 3.39. The highest BCUT2D eigenvalue weighted by Gasteiger charge is 2.30. The Balaban J connectivity index is 1.65. The van der Waals surface area contributed by atoms with Gasteiger partial charge >= 0.3 is 5.97 Å². The zero-order valence-corrected chi connectivity index (χ0v) is 12.5. The first-order chi connectivity index (χ1) is 10.6. The van der Waals surface area contributed by atoms with Crippen molar-refractivity contribution in [3.63, 3.8) is 0 Å². The Hall–Kier alpha value is -2.33. The molecule has 0 bridgehead atoms. The molecule has 0 aromatic heterocycles. The lowest BCUT2D eigenvalue weighted by Gasteiger charge is -2.23. The van der Waals surface area contributed by atoms with E-state index in [4.69, 9.17) is 16.3 Å². The molecule has 2 aromatic rings. The van der Waals surface area contributed by atoms with Gasteiger partial charge < -0.3 is 10.1 Å². The highest BCUT2D eigenvalue weighted by molar-refractivity contribution is 6.30. The number of benzene rings is 2. The first-order valence-corrected chi connectivity index (χ1v) is 7.32. The van der Waals surface area contributed by atoms with Gasteiger partial charge in [-0.15, -0.1) is 0 Å². The summed E-state index contributed by atoms with van der Waals surface area (Å²) in [6, 6.07) is 14.4. The number of ether oxygens (including phenoxy) is 1. The lowest BCUT2D eigenvalue weighted by molar-refractivity contribution is -0.130. The van der Waals surface area contributed by atoms with Gasteiger partial charge in [-0.3, -0.25) is 4.79 Å². The number of esters is 1. The number of hydrogen-bond acceptors (Lipinski definition) is 3. The molecule has 5 heteroatoms. The topological polar surface area (TPSA) is 55.4 Å². The molecule has 0 fully saturated rings. The number of fused-ring (bicyclic) bond motifs is 1. The lowest BCUT2D eigenvalue weighted by Crippen LogP contribution is -2.41. The Morgan fingerprint density at radius 2 is 2.05 bits per heavy atom. The van der Waals surface area contributed by atoms with Crippen LogP contribution < -0.4 is 5.32 Å². The third kappa shape index (κ3) is 3.12. The molecule has 1 aliphatic rings. The van der Waals surface area contributed by atoms with Gasteiger partial charge in [0, 0.05) is 18.0 Å². The van der Waals surface area contributed by atoms with Crippen LogP contribution in [0, 0.1) is 0 Å². The summed E-state index contributed by atoms with van der Waals surface area (Å²) < 4.78 is 5.21. The van der Waals surface area contributed by atoms with Crippen LogP contribution in [0.25, 0.3) is 0 Å². The molecular weight excluding hydrogens is 302 g/mol. The maximum absolute atomic E-state index is 12.2. The van der Waals surface area contributed by atoms with E-state index in [1.54, 1.807) is 24.3 Å². The number of carbonyl (C=O) groups excluding carboxylic acids is 2. The van der Waals surface area contributed by atoms with Crippen LogP contribution in [0.1, 0.15) is 21.5 Å². The minimum absolute atomic E-state index is 0.303. The molecule has 3 rings (SSSR count). The van der Waals surface area contributed by atoms with Gasteiger partial charge in [0.2, 0.25) is 0 Å². The maximum atomic E-state index is 12.2. The van der Waals surface area contributed by atoms with Crippen LogP contribution in [-0.2, 0) is 22.5 Å². The van der Waals surface area contributed by atoms with E-state index in [9.17, 15) is 9.59 Å². The Labute approximate surface area is 133 Å². The standard InChI is InChI=1S/C17H14ClNO3/c18-13-6-3-4-11(8-13)10-19-16(20)15-9-12-5-1-2-7-14(12)17(21)22-15/h1-8,15H,9-10H2,(H,19,20). The molecule has 1 atom stereocenters. The minimum atomic E-state index is -0.790. The number of hydrogen-bond donors (Lipinski definition) is 1. The monoisotopic (exact) mass is 315 g/mol. The molecular formula is C17H14ClNO3. The summed E-state index contributed by atoms with van der Waals surface area (Å²) in [5.74, 6) is -0.757. The Bertz CT molecular complexity index is 729. The second-order valence-corrected chi connectivity index (χ2v) is 5.54. The van der Waals surface area contributed by atoms with E-state index in [1.807, 2.05) is 24.3 Å². The average Bonchev–Trinajstić information content (AvgIpc) is 2.52. The Morgan fingerprint density at radius 1 is 1.23 bits per heavy atom. The summed E-state index contributed by atoms with van der Waals surface area (Å²) in [6.07, 6.45) is -0.398. The van der Waals surface area contributed by atoms with Crippen molar-refractivity contribution in [3.05, 3.63) is 70.2 Å². The van der Waals surface area contributed by atoms with E-state index < -0.39 is 12.1 Å². The van der Waals surface area contributed by atoms with Crippen LogP contribution in [-0.4, -0.2) is 18.0 Å². The van der Waals surface area contributed by atoms with Gasteiger partial charge in [-0.05, 0) is 29.3 Å². The molecule has 0 aliphatic carbocycles. The number of nitrogens with one attached hydrogen (secondary N) is 1. The summed E-state index contributed by atoms with van der Waals surface area (Å²) in [4.78, 5) is 24.1. The van der Waals surface area contributed by atoms with Crippen molar-refractivity contribution in [2.45, 2.75) is 19.1 Å². The van der Waals surface area contributed by atoms with E-state index in [1.165, 1.54) is 0 Å². The zero-order valence-electron chi connectivity index (χ0n) is 11.7. The molecule has 0 saturated heterocycles. The van der Waals surface area contributed by atoms with E-state index in [0.717, 1.165) is 11.1 Å². The average molecular weight is 316 g/mol. The first-order valence-electron chi connectivity index (χ1n) is 6.94. The zero-order chi connectivity index (χ0) is 15.5. The van der Waals surface area contributed by atoms with Crippen LogP contribution in [0.3, 0.4) is 0 Å². The molecule has 1 N–H and O–H groups in total.